The van der Waals surface area contributed by atoms with Crippen LogP contribution in [0.1, 0.15) is 0 Å². The number of nitrogens with zero attached hydrogens (tertiary/aromatic N) is 1. The summed E-state index contributed by atoms with van der Waals surface area (Å²) in [6.07, 6.45) is -15.7. The van der Waals surface area contributed by atoms with Crippen LogP contribution < -0.4 is 4.74 Å². The zero-order valence-electron chi connectivity index (χ0n) is 16.5. The Bertz CT molecular complexity index is 760. The molecule has 2 saturated heterocycles. The van der Waals surface area contributed by atoms with Gasteiger partial charge in [-0.2, -0.15) is 0 Å². The normalized spacial score (nSPS) is 40.1. The summed E-state index contributed by atoms with van der Waals surface area (Å²) in [5.41, 5.74) is -0.191. The number of aliphatic hydroxyl groups is 7. The van der Waals surface area contributed by atoms with Crippen LogP contribution in [0.2, 0.25) is 0 Å². The van der Waals surface area contributed by atoms with Crippen molar-refractivity contribution in [3.63, 3.8) is 0 Å². The van der Waals surface area contributed by atoms with Crippen molar-refractivity contribution < 1.29 is 59.6 Å². The van der Waals surface area contributed by atoms with E-state index in [0.29, 0.717) is 0 Å². The van der Waals surface area contributed by atoms with E-state index in [2.05, 4.69) is 0 Å². The van der Waals surface area contributed by atoms with Crippen LogP contribution in [0.15, 0.2) is 24.3 Å². The average molecular weight is 463 g/mol. The first-order valence-corrected chi connectivity index (χ1v) is 9.67. The molecule has 2 aliphatic rings. The van der Waals surface area contributed by atoms with Crippen molar-refractivity contribution in [2.45, 2.75) is 61.4 Å². The number of nitro groups is 1. The Morgan fingerprint density at radius 1 is 0.812 bits per heavy atom. The smallest absolute Gasteiger partial charge is 0.269 e. The lowest BCUT2D eigenvalue weighted by molar-refractivity contribution is -0.384. The van der Waals surface area contributed by atoms with Crippen molar-refractivity contribution in [1.82, 2.24) is 0 Å². The van der Waals surface area contributed by atoms with E-state index >= 15 is 0 Å². The van der Waals surface area contributed by atoms with E-state index < -0.39 is 79.5 Å². The summed E-state index contributed by atoms with van der Waals surface area (Å²) in [4.78, 5) is 10.1. The highest BCUT2D eigenvalue weighted by molar-refractivity contribution is 5.36. The van der Waals surface area contributed by atoms with Crippen molar-refractivity contribution in [3.8, 4) is 5.75 Å². The number of hydrogen-bond acceptors (Lipinski definition) is 13. The number of rotatable bonds is 7. The van der Waals surface area contributed by atoms with Crippen molar-refractivity contribution in [1.29, 1.82) is 0 Å². The molecule has 14 nitrogen and oxygen atoms in total. The molecular weight excluding hydrogens is 438 g/mol. The van der Waals surface area contributed by atoms with Gasteiger partial charge in [0.25, 0.3) is 5.69 Å². The molecule has 180 valence electrons. The molecule has 0 aliphatic carbocycles. The summed E-state index contributed by atoms with van der Waals surface area (Å²) in [6.45, 7) is -1.42. The Morgan fingerprint density at radius 2 is 1.38 bits per heavy atom. The summed E-state index contributed by atoms with van der Waals surface area (Å²) < 4.78 is 21.5. The molecule has 0 radical (unpaired) electrons. The van der Waals surface area contributed by atoms with Gasteiger partial charge >= 0.3 is 0 Å². The molecule has 3 rings (SSSR count). The average Bonchev–Trinajstić information content (AvgIpc) is 2.79. The number of nitro benzene ring substituents is 1. The van der Waals surface area contributed by atoms with Crippen LogP contribution in [0.3, 0.4) is 0 Å². The van der Waals surface area contributed by atoms with Gasteiger partial charge in [-0.15, -0.1) is 0 Å². The Morgan fingerprint density at radius 3 is 1.94 bits per heavy atom. The van der Waals surface area contributed by atoms with Crippen molar-refractivity contribution in [2.75, 3.05) is 13.2 Å². The minimum absolute atomic E-state index is 0.0804. The maximum absolute atomic E-state index is 10.7. The minimum Gasteiger partial charge on any atom is -0.462 e. The molecule has 2 heterocycles. The molecule has 0 spiro atoms. The molecule has 7 N–H and O–H groups in total. The van der Waals surface area contributed by atoms with E-state index in [1.54, 1.807) is 0 Å². The van der Waals surface area contributed by atoms with E-state index in [4.69, 9.17) is 18.9 Å². The molecule has 1 aromatic rings. The molecule has 32 heavy (non-hydrogen) atoms. The molecular formula is C18H25NO13. The van der Waals surface area contributed by atoms with Gasteiger partial charge in [0.2, 0.25) is 6.29 Å². The summed E-state index contributed by atoms with van der Waals surface area (Å²) in [7, 11) is 0. The van der Waals surface area contributed by atoms with Crippen LogP contribution in [0, 0.1) is 10.1 Å². The van der Waals surface area contributed by atoms with Gasteiger partial charge < -0.3 is 54.7 Å². The Labute approximate surface area is 180 Å². The molecule has 0 unspecified atom stereocenters. The Kier molecular flexibility index (Phi) is 7.94. The Hall–Kier alpha value is -1.98. The van der Waals surface area contributed by atoms with Gasteiger partial charge in [-0.25, -0.2) is 0 Å². The molecule has 10 atom stereocenters. The van der Waals surface area contributed by atoms with Gasteiger partial charge in [-0.3, -0.25) is 10.1 Å². The summed E-state index contributed by atoms with van der Waals surface area (Å²) in [6, 6.07) is 4.83. The number of non-ortho nitro benzene ring substituents is 1. The molecule has 0 amide bonds. The van der Waals surface area contributed by atoms with E-state index in [1.165, 1.54) is 12.1 Å². The van der Waals surface area contributed by atoms with Crippen molar-refractivity contribution >= 4 is 5.69 Å². The van der Waals surface area contributed by atoms with E-state index in [-0.39, 0.29) is 11.4 Å². The highest BCUT2D eigenvalue weighted by Gasteiger charge is 2.51. The second-order valence-electron chi connectivity index (χ2n) is 7.37. The maximum atomic E-state index is 10.7. The third-order valence-electron chi connectivity index (χ3n) is 5.26. The first-order chi connectivity index (χ1) is 15.2. The Balaban J connectivity index is 1.70. The van der Waals surface area contributed by atoms with Gasteiger partial charge in [0, 0.05) is 12.1 Å². The number of aliphatic hydroxyl groups excluding tert-OH is 7. The zero-order chi connectivity index (χ0) is 23.6. The predicted octanol–water partition coefficient (Wildman–Crippen LogP) is -3.40. The lowest BCUT2D eigenvalue weighted by Gasteiger charge is -2.45. The minimum atomic E-state index is -1.77. The van der Waals surface area contributed by atoms with Crippen LogP contribution in [0.4, 0.5) is 5.69 Å². The summed E-state index contributed by atoms with van der Waals surface area (Å²) >= 11 is 0. The molecule has 1 aromatic carbocycles. The van der Waals surface area contributed by atoms with Gasteiger partial charge in [0.05, 0.1) is 18.1 Å². The standard InChI is InChI=1S/C18H25NO13/c20-5-9-11(22)12(23)14(25)18(30-9)32-16-10(6-21)31-17(15(26)13(16)24)29-8-3-1-7(2-4-8)19(27)28/h1-4,9-18,20-26H,5-6H2/t9-,10+,11-,12-,13+,14-,15-,16-,17-,18-/m1/s1. The second kappa shape index (κ2) is 10.3. The van der Waals surface area contributed by atoms with Crippen LogP contribution in [-0.4, -0.2) is 115 Å². The fraction of sp³-hybridized carbons (Fsp3) is 0.667. The van der Waals surface area contributed by atoms with Gasteiger partial charge in [-0.1, -0.05) is 0 Å². The predicted molar refractivity (Wildman–Crippen MR) is 100 cm³/mol. The molecule has 0 bridgehead atoms. The van der Waals surface area contributed by atoms with Gasteiger partial charge in [0.15, 0.2) is 6.29 Å². The SMILES string of the molecule is O=[N+]([O-])c1ccc(O[C@@H]2O[C@@H](CO)[C@@H](O[C@H]3O[C@H](CO)[C@@H](O)[C@@H](O)[C@H]3O)[C@@H](O)[C@H]2O)cc1. The fourth-order valence-electron chi connectivity index (χ4n) is 3.43. The van der Waals surface area contributed by atoms with Crippen LogP contribution in [0.25, 0.3) is 0 Å². The maximum Gasteiger partial charge on any atom is 0.269 e. The summed E-state index contributed by atoms with van der Waals surface area (Å²) in [5.74, 6) is 0.0804. The quantitative estimate of drug-likeness (QED) is 0.155. The van der Waals surface area contributed by atoms with Crippen molar-refractivity contribution in [2.24, 2.45) is 0 Å². The number of benzene rings is 1. The van der Waals surface area contributed by atoms with Gasteiger partial charge in [0.1, 0.15) is 54.6 Å². The lowest BCUT2D eigenvalue weighted by Crippen LogP contribution is -2.65. The van der Waals surface area contributed by atoms with Crippen molar-refractivity contribution in [3.05, 3.63) is 34.4 Å². The third kappa shape index (κ3) is 4.99. The first kappa shape index (κ1) is 24.7. The second-order valence-corrected chi connectivity index (χ2v) is 7.37. The number of ether oxygens (including phenoxy) is 4. The largest absolute Gasteiger partial charge is 0.462 e. The molecule has 2 fully saturated rings. The zero-order valence-corrected chi connectivity index (χ0v) is 16.5. The summed E-state index contributed by atoms with van der Waals surface area (Å²) in [5, 5.41) is 80.4. The highest BCUT2D eigenvalue weighted by atomic mass is 16.7. The van der Waals surface area contributed by atoms with Crippen LogP contribution >= 0.6 is 0 Å². The topological polar surface area (TPSA) is 222 Å². The number of hydrogen-bond donors (Lipinski definition) is 7. The van der Waals surface area contributed by atoms with E-state index in [9.17, 15) is 45.9 Å². The third-order valence-corrected chi connectivity index (χ3v) is 5.26. The lowest BCUT2D eigenvalue weighted by atomic mass is 9.97. The highest BCUT2D eigenvalue weighted by Crippen LogP contribution is 2.30. The molecule has 14 heteroatoms. The first-order valence-electron chi connectivity index (χ1n) is 9.67. The van der Waals surface area contributed by atoms with E-state index in [1.807, 2.05) is 0 Å². The molecule has 0 saturated carbocycles. The van der Waals surface area contributed by atoms with Gasteiger partial charge in [-0.05, 0) is 12.1 Å². The van der Waals surface area contributed by atoms with E-state index in [0.717, 1.165) is 12.1 Å². The molecule has 0 aromatic heterocycles. The molecule has 2 aliphatic heterocycles. The fourth-order valence-corrected chi connectivity index (χ4v) is 3.43. The van der Waals surface area contributed by atoms with Crippen LogP contribution in [0.5, 0.6) is 5.75 Å². The monoisotopic (exact) mass is 463 g/mol. The van der Waals surface area contributed by atoms with Crippen LogP contribution in [-0.2, 0) is 14.2 Å².